The van der Waals surface area contributed by atoms with Crippen LogP contribution < -0.4 is 10.6 Å². The van der Waals surface area contributed by atoms with Crippen molar-refractivity contribution >= 4 is 27.5 Å². The molecule has 1 aliphatic rings. The first-order valence-electron chi connectivity index (χ1n) is 4.98. The Morgan fingerprint density at radius 1 is 1.69 bits per heavy atom. The lowest BCUT2D eigenvalue weighted by molar-refractivity contribution is 0.0826. The molecule has 16 heavy (non-hydrogen) atoms. The van der Waals surface area contributed by atoms with E-state index in [0.29, 0.717) is 13.2 Å². The standard InChI is InChI=1S/C10H13BrN4O/c11-7-5-14-2-1-8(7)15-3-4-16-9(6-15)10(12)13/h1-2,5,9H,3-4,6H2,(H3,12,13). The van der Waals surface area contributed by atoms with E-state index in [2.05, 4.69) is 25.8 Å². The van der Waals surface area contributed by atoms with Gasteiger partial charge in [-0.15, -0.1) is 0 Å². The summed E-state index contributed by atoms with van der Waals surface area (Å²) in [6.45, 7) is 1.99. The SMILES string of the molecule is N=C(N)C1CN(c2ccncc2Br)CCO1. The van der Waals surface area contributed by atoms with Gasteiger partial charge in [-0.25, -0.2) is 0 Å². The van der Waals surface area contributed by atoms with Gasteiger partial charge in [-0.1, -0.05) is 0 Å². The monoisotopic (exact) mass is 284 g/mol. The van der Waals surface area contributed by atoms with Gasteiger partial charge in [0.1, 0.15) is 11.9 Å². The number of rotatable bonds is 2. The van der Waals surface area contributed by atoms with Gasteiger partial charge in [0, 0.05) is 18.9 Å². The van der Waals surface area contributed by atoms with Crippen LogP contribution in [0.1, 0.15) is 0 Å². The molecule has 5 nitrogen and oxygen atoms in total. The Labute approximate surface area is 102 Å². The average molecular weight is 285 g/mol. The quantitative estimate of drug-likeness (QED) is 0.627. The van der Waals surface area contributed by atoms with Gasteiger partial charge in [-0.05, 0) is 22.0 Å². The van der Waals surface area contributed by atoms with E-state index >= 15 is 0 Å². The number of hydrogen-bond acceptors (Lipinski definition) is 4. The smallest absolute Gasteiger partial charge is 0.131 e. The number of amidine groups is 1. The lowest BCUT2D eigenvalue weighted by Gasteiger charge is -2.34. The second kappa shape index (κ2) is 4.80. The lowest BCUT2D eigenvalue weighted by atomic mass is 10.2. The second-order valence-electron chi connectivity index (χ2n) is 3.59. The van der Waals surface area contributed by atoms with E-state index in [1.165, 1.54) is 0 Å². The number of nitrogens with two attached hydrogens (primary N) is 1. The van der Waals surface area contributed by atoms with Crippen LogP contribution >= 0.6 is 15.9 Å². The highest BCUT2D eigenvalue weighted by molar-refractivity contribution is 9.10. The summed E-state index contributed by atoms with van der Waals surface area (Å²) in [4.78, 5) is 6.16. The molecule has 1 atom stereocenters. The molecule has 0 amide bonds. The molecule has 1 unspecified atom stereocenters. The van der Waals surface area contributed by atoms with E-state index in [-0.39, 0.29) is 11.9 Å². The minimum absolute atomic E-state index is 0.0786. The zero-order valence-corrected chi connectivity index (χ0v) is 10.3. The van der Waals surface area contributed by atoms with E-state index in [1.807, 2.05) is 6.07 Å². The lowest BCUT2D eigenvalue weighted by Crippen LogP contribution is -2.48. The molecule has 2 rings (SSSR count). The van der Waals surface area contributed by atoms with Crippen LogP contribution in [0.5, 0.6) is 0 Å². The minimum Gasteiger partial charge on any atom is -0.385 e. The summed E-state index contributed by atoms with van der Waals surface area (Å²) in [5.74, 6) is 0.0786. The maximum Gasteiger partial charge on any atom is 0.131 e. The van der Waals surface area contributed by atoms with Gasteiger partial charge in [-0.2, -0.15) is 0 Å². The topological polar surface area (TPSA) is 75.2 Å². The van der Waals surface area contributed by atoms with Crippen molar-refractivity contribution in [3.8, 4) is 0 Å². The normalized spacial score (nSPS) is 20.8. The molecule has 0 saturated carbocycles. The third kappa shape index (κ3) is 2.33. The Bertz CT molecular complexity index is 398. The summed E-state index contributed by atoms with van der Waals surface area (Å²) in [6.07, 6.45) is 3.19. The van der Waals surface area contributed by atoms with Crippen LogP contribution in [-0.2, 0) is 4.74 Å². The fraction of sp³-hybridized carbons (Fsp3) is 0.400. The minimum atomic E-state index is -0.311. The zero-order chi connectivity index (χ0) is 11.5. The van der Waals surface area contributed by atoms with Crippen molar-refractivity contribution in [1.29, 1.82) is 5.41 Å². The summed E-state index contributed by atoms with van der Waals surface area (Å²) in [5.41, 5.74) is 6.51. The van der Waals surface area contributed by atoms with E-state index < -0.39 is 0 Å². The van der Waals surface area contributed by atoms with Crippen LogP contribution in [0.25, 0.3) is 0 Å². The van der Waals surface area contributed by atoms with E-state index in [1.54, 1.807) is 12.4 Å². The number of morpholine rings is 1. The summed E-state index contributed by atoms with van der Waals surface area (Å²) < 4.78 is 6.35. The van der Waals surface area contributed by atoms with Gasteiger partial charge in [-0.3, -0.25) is 10.4 Å². The number of aromatic nitrogens is 1. The van der Waals surface area contributed by atoms with E-state index in [0.717, 1.165) is 16.7 Å². The molecule has 0 bridgehead atoms. The third-order valence-corrected chi connectivity index (χ3v) is 3.12. The molecule has 2 heterocycles. The first-order valence-corrected chi connectivity index (χ1v) is 5.78. The van der Waals surface area contributed by atoms with Gasteiger partial charge in [0.2, 0.25) is 0 Å². The number of pyridine rings is 1. The Kier molecular flexibility index (Phi) is 3.40. The number of ether oxygens (including phenoxy) is 1. The fourth-order valence-electron chi connectivity index (χ4n) is 1.68. The van der Waals surface area contributed by atoms with Crippen LogP contribution in [-0.4, -0.2) is 36.6 Å². The predicted octanol–water partition coefficient (Wildman–Crippen LogP) is 0.985. The van der Waals surface area contributed by atoms with Crippen molar-refractivity contribution < 1.29 is 4.74 Å². The third-order valence-electron chi connectivity index (χ3n) is 2.51. The van der Waals surface area contributed by atoms with Crippen LogP contribution in [0.4, 0.5) is 5.69 Å². The van der Waals surface area contributed by atoms with Gasteiger partial charge in [0.05, 0.1) is 23.3 Å². The largest absolute Gasteiger partial charge is 0.385 e. The van der Waals surface area contributed by atoms with Crippen molar-refractivity contribution in [3.05, 3.63) is 22.9 Å². The summed E-state index contributed by atoms with van der Waals surface area (Å²) >= 11 is 3.46. The molecule has 0 aliphatic carbocycles. The van der Waals surface area contributed by atoms with Crippen molar-refractivity contribution in [2.75, 3.05) is 24.6 Å². The fourth-order valence-corrected chi connectivity index (χ4v) is 2.18. The molecule has 1 aromatic heterocycles. The van der Waals surface area contributed by atoms with E-state index in [9.17, 15) is 0 Å². The van der Waals surface area contributed by atoms with Crippen LogP contribution in [0, 0.1) is 5.41 Å². The van der Waals surface area contributed by atoms with Crippen LogP contribution in [0.2, 0.25) is 0 Å². The zero-order valence-electron chi connectivity index (χ0n) is 8.69. The number of hydrogen-bond donors (Lipinski definition) is 2. The molecule has 1 saturated heterocycles. The number of anilines is 1. The predicted molar refractivity (Wildman–Crippen MR) is 65.8 cm³/mol. The highest BCUT2D eigenvalue weighted by Crippen LogP contribution is 2.26. The van der Waals surface area contributed by atoms with E-state index in [4.69, 9.17) is 15.9 Å². The Morgan fingerprint density at radius 3 is 3.19 bits per heavy atom. The molecule has 3 N–H and O–H groups in total. The molecule has 0 spiro atoms. The van der Waals surface area contributed by atoms with Crippen molar-refractivity contribution in [3.63, 3.8) is 0 Å². The number of nitrogens with one attached hydrogen (secondary N) is 1. The molecule has 86 valence electrons. The van der Waals surface area contributed by atoms with Crippen molar-refractivity contribution in [2.24, 2.45) is 5.73 Å². The Balaban J connectivity index is 2.16. The van der Waals surface area contributed by atoms with Gasteiger partial charge < -0.3 is 15.4 Å². The highest BCUT2D eigenvalue weighted by atomic mass is 79.9. The number of halogens is 1. The molecular weight excluding hydrogens is 272 g/mol. The first kappa shape index (κ1) is 11.3. The molecular formula is C10H13BrN4O. The maximum atomic E-state index is 7.40. The first-order chi connectivity index (χ1) is 7.68. The van der Waals surface area contributed by atoms with Crippen LogP contribution in [0.3, 0.4) is 0 Å². The van der Waals surface area contributed by atoms with Gasteiger partial charge in [0.15, 0.2) is 0 Å². The summed E-state index contributed by atoms with van der Waals surface area (Å²) in [7, 11) is 0. The second-order valence-corrected chi connectivity index (χ2v) is 4.44. The molecule has 0 aromatic carbocycles. The molecule has 1 aliphatic heterocycles. The number of nitrogens with zero attached hydrogens (tertiary/aromatic N) is 2. The van der Waals surface area contributed by atoms with Crippen molar-refractivity contribution in [1.82, 2.24) is 4.98 Å². The van der Waals surface area contributed by atoms with Crippen molar-refractivity contribution in [2.45, 2.75) is 6.10 Å². The Morgan fingerprint density at radius 2 is 2.50 bits per heavy atom. The van der Waals surface area contributed by atoms with Gasteiger partial charge >= 0.3 is 0 Å². The Hall–Kier alpha value is -1.14. The summed E-state index contributed by atoms with van der Waals surface area (Å²) in [6, 6.07) is 1.94. The highest BCUT2D eigenvalue weighted by Gasteiger charge is 2.23. The molecule has 6 heteroatoms. The average Bonchev–Trinajstić information content (AvgIpc) is 2.30. The maximum absolute atomic E-state index is 7.40. The summed E-state index contributed by atoms with van der Waals surface area (Å²) in [5, 5.41) is 7.40. The molecule has 0 radical (unpaired) electrons. The molecule has 1 fully saturated rings. The molecule has 1 aromatic rings. The van der Waals surface area contributed by atoms with Gasteiger partial charge in [0.25, 0.3) is 0 Å². The van der Waals surface area contributed by atoms with Crippen LogP contribution in [0.15, 0.2) is 22.9 Å².